The molecule has 0 aliphatic carbocycles. The summed E-state index contributed by atoms with van der Waals surface area (Å²) in [4.78, 5) is 14.0. The largest absolute Gasteiger partial charge is 0.349 e. The smallest absolute Gasteiger partial charge is 0.256 e. The van der Waals surface area contributed by atoms with E-state index in [-0.39, 0.29) is 30.1 Å². The van der Waals surface area contributed by atoms with E-state index in [1.807, 2.05) is 0 Å². The highest BCUT2D eigenvalue weighted by molar-refractivity contribution is 7.90. The summed E-state index contributed by atoms with van der Waals surface area (Å²) in [6, 6.07) is 0.579. The highest BCUT2D eigenvalue weighted by Gasteiger charge is 2.26. The summed E-state index contributed by atoms with van der Waals surface area (Å²) >= 11 is 0. The van der Waals surface area contributed by atoms with Crippen LogP contribution in [0.3, 0.4) is 0 Å². The van der Waals surface area contributed by atoms with Crippen molar-refractivity contribution in [3.05, 3.63) is 23.9 Å². The molecule has 3 rings (SSSR count). The minimum absolute atomic E-state index is 0. The van der Waals surface area contributed by atoms with Crippen LogP contribution in [0, 0.1) is 0 Å². The summed E-state index contributed by atoms with van der Waals surface area (Å²) in [5, 5.41) is 6.40. The van der Waals surface area contributed by atoms with E-state index in [9.17, 15) is 13.2 Å². The number of piperidine rings is 1. The molecule has 0 aromatic rings. The van der Waals surface area contributed by atoms with Crippen molar-refractivity contribution in [1.29, 1.82) is 0 Å². The molecule has 2 N–H and O–H groups in total. The summed E-state index contributed by atoms with van der Waals surface area (Å²) in [7, 11) is -3.36. The Kier molecular flexibility index (Phi) is 5.49. The SMILES string of the molecule is CC1CC(NC(=O)C2=CN3CCS(=O)(=O)N=C3C=C2)CCN1.Cl. The van der Waals surface area contributed by atoms with Crippen LogP contribution in [-0.4, -0.2) is 56.0 Å². The van der Waals surface area contributed by atoms with Gasteiger partial charge in [-0.2, -0.15) is 0 Å². The molecule has 0 saturated carbocycles. The van der Waals surface area contributed by atoms with Crippen molar-refractivity contribution in [2.45, 2.75) is 31.8 Å². The van der Waals surface area contributed by atoms with Gasteiger partial charge in [0, 0.05) is 24.8 Å². The zero-order valence-electron chi connectivity index (χ0n) is 12.9. The van der Waals surface area contributed by atoms with Gasteiger partial charge in [0.25, 0.3) is 15.9 Å². The Morgan fingerprint density at radius 3 is 2.96 bits per heavy atom. The van der Waals surface area contributed by atoms with Gasteiger partial charge in [-0.25, -0.2) is 8.42 Å². The topological polar surface area (TPSA) is 90.9 Å². The molecule has 0 aromatic heterocycles. The predicted molar refractivity (Wildman–Crippen MR) is 91.0 cm³/mol. The van der Waals surface area contributed by atoms with Crippen LogP contribution in [0.1, 0.15) is 19.8 Å². The zero-order chi connectivity index (χ0) is 15.7. The quantitative estimate of drug-likeness (QED) is 0.732. The monoisotopic (exact) mass is 360 g/mol. The summed E-state index contributed by atoms with van der Waals surface area (Å²) in [5.41, 5.74) is 0.532. The fourth-order valence-electron chi connectivity index (χ4n) is 2.87. The van der Waals surface area contributed by atoms with Gasteiger partial charge in [0.05, 0.1) is 11.3 Å². The lowest BCUT2D eigenvalue weighted by Gasteiger charge is -2.30. The molecule has 1 saturated heterocycles. The number of hydrogen-bond acceptors (Lipinski definition) is 5. The summed E-state index contributed by atoms with van der Waals surface area (Å²) in [6.07, 6.45) is 6.71. The Morgan fingerprint density at radius 1 is 1.43 bits per heavy atom. The Hall–Kier alpha value is -1.38. The molecule has 1 amide bonds. The Bertz CT molecular complexity index is 672. The van der Waals surface area contributed by atoms with Gasteiger partial charge < -0.3 is 15.5 Å². The zero-order valence-corrected chi connectivity index (χ0v) is 14.5. The molecule has 9 heteroatoms. The van der Waals surface area contributed by atoms with E-state index in [1.54, 1.807) is 23.3 Å². The van der Waals surface area contributed by atoms with E-state index in [1.165, 1.54) is 0 Å². The summed E-state index contributed by atoms with van der Waals surface area (Å²) < 4.78 is 26.6. The van der Waals surface area contributed by atoms with Crippen molar-refractivity contribution in [1.82, 2.24) is 15.5 Å². The minimum atomic E-state index is -3.36. The maximum atomic E-state index is 12.3. The van der Waals surface area contributed by atoms with Crippen molar-refractivity contribution in [2.24, 2.45) is 4.40 Å². The van der Waals surface area contributed by atoms with Gasteiger partial charge in [0.15, 0.2) is 0 Å². The second-order valence-corrected chi connectivity index (χ2v) is 7.65. The molecule has 3 aliphatic heterocycles. The molecule has 0 radical (unpaired) electrons. The number of amidine groups is 1. The van der Waals surface area contributed by atoms with E-state index in [2.05, 4.69) is 22.0 Å². The van der Waals surface area contributed by atoms with Gasteiger partial charge in [0.2, 0.25) is 0 Å². The Labute approximate surface area is 142 Å². The predicted octanol–water partition coefficient (Wildman–Crippen LogP) is 0.162. The lowest BCUT2D eigenvalue weighted by Crippen LogP contribution is -2.47. The van der Waals surface area contributed by atoms with E-state index in [4.69, 9.17) is 0 Å². The molecule has 3 heterocycles. The van der Waals surface area contributed by atoms with Crippen LogP contribution >= 0.6 is 12.4 Å². The van der Waals surface area contributed by atoms with Crippen LogP contribution in [0.25, 0.3) is 0 Å². The third kappa shape index (κ3) is 4.33. The Balaban J connectivity index is 0.00000192. The van der Waals surface area contributed by atoms with Crippen LogP contribution < -0.4 is 10.6 Å². The fourth-order valence-corrected chi connectivity index (χ4v) is 3.84. The average Bonchev–Trinajstić information content (AvgIpc) is 2.46. The fraction of sp³-hybridized carbons (Fsp3) is 0.571. The van der Waals surface area contributed by atoms with E-state index < -0.39 is 10.0 Å². The van der Waals surface area contributed by atoms with Crippen LogP contribution in [-0.2, 0) is 14.8 Å². The normalized spacial score (nSPS) is 28.8. The lowest BCUT2D eigenvalue weighted by atomic mass is 10.00. The van der Waals surface area contributed by atoms with E-state index in [0.29, 0.717) is 24.0 Å². The first-order valence-electron chi connectivity index (χ1n) is 7.46. The lowest BCUT2D eigenvalue weighted by molar-refractivity contribution is -0.118. The van der Waals surface area contributed by atoms with Gasteiger partial charge >= 0.3 is 0 Å². The number of rotatable bonds is 2. The molecule has 0 aromatic carbocycles. The molecule has 2 unspecified atom stereocenters. The highest BCUT2D eigenvalue weighted by atomic mass is 35.5. The van der Waals surface area contributed by atoms with Crippen molar-refractivity contribution in [3.63, 3.8) is 0 Å². The molecule has 1 fully saturated rings. The van der Waals surface area contributed by atoms with Crippen LogP contribution in [0.4, 0.5) is 0 Å². The first-order chi connectivity index (χ1) is 10.4. The van der Waals surface area contributed by atoms with Crippen molar-refractivity contribution in [2.75, 3.05) is 18.8 Å². The number of fused-ring (bicyclic) bond motifs is 1. The highest BCUT2D eigenvalue weighted by Crippen LogP contribution is 2.16. The first kappa shape index (κ1) is 18.0. The van der Waals surface area contributed by atoms with Gasteiger partial charge in [-0.3, -0.25) is 4.79 Å². The number of sulfonamides is 1. The molecule has 23 heavy (non-hydrogen) atoms. The third-order valence-corrected chi connectivity index (χ3v) is 5.21. The second-order valence-electron chi connectivity index (χ2n) is 5.90. The molecular formula is C14H21ClN4O3S. The first-order valence-corrected chi connectivity index (χ1v) is 9.07. The van der Waals surface area contributed by atoms with Crippen molar-refractivity contribution >= 4 is 34.2 Å². The van der Waals surface area contributed by atoms with E-state index in [0.717, 1.165) is 19.4 Å². The number of halogens is 1. The number of amides is 1. The Morgan fingerprint density at radius 2 is 2.22 bits per heavy atom. The van der Waals surface area contributed by atoms with Gasteiger partial charge in [-0.05, 0) is 38.5 Å². The number of nitrogens with one attached hydrogen (secondary N) is 2. The minimum Gasteiger partial charge on any atom is -0.349 e. The van der Waals surface area contributed by atoms with Gasteiger partial charge in [0.1, 0.15) is 5.84 Å². The van der Waals surface area contributed by atoms with Crippen LogP contribution in [0.2, 0.25) is 0 Å². The van der Waals surface area contributed by atoms with Gasteiger partial charge in [-0.15, -0.1) is 16.8 Å². The van der Waals surface area contributed by atoms with Crippen LogP contribution in [0.5, 0.6) is 0 Å². The standard InChI is InChI=1S/C14H20N4O3S.ClH/c1-10-8-12(4-5-15-10)16-14(19)11-2-3-13-17-22(20,21)7-6-18(13)9-11;/h2-3,9-10,12,15H,4-8H2,1H3,(H,16,19);1H. The maximum Gasteiger partial charge on any atom is 0.256 e. The van der Waals surface area contributed by atoms with E-state index >= 15 is 0 Å². The van der Waals surface area contributed by atoms with Gasteiger partial charge in [-0.1, -0.05) is 0 Å². The van der Waals surface area contributed by atoms with Crippen molar-refractivity contribution < 1.29 is 13.2 Å². The molecule has 2 atom stereocenters. The summed E-state index contributed by atoms with van der Waals surface area (Å²) in [6.45, 7) is 3.34. The molecule has 0 spiro atoms. The number of carbonyl (C=O) groups excluding carboxylic acids is 1. The summed E-state index contributed by atoms with van der Waals surface area (Å²) in [5.74, 6) is 0.225. The third-order valence-electron chi connectivity index (χ3n) is 4.04. The van der Waals surface area contributed by atoms with Crippen molar-refractivity contribution in [3.8, 4) is 0 Å². The molecule has 7 nitrogen and oxygen atoms in total. The number of carbonyl (C=O) groups is 1. The molecule has 3 aliphatic rings. The molecule has 128 valence electrons. The molecular weight excluding hydrogens is 340 g/mol. The number of nitrogens with zero attached hydrogens (tertiary/aromatic N) is 2. The van der Waals surface area contributed by atoms with Crippen LogP contribution in [0.15, 0.2) is 28.3 Å². The average molecular weight is 361 g/mol. The second kappa shape index (κ2) is 7.02. The number of hydrogen-bond donors (Lipinski definition) is 2. The maximum absolute atomic E-state index is 12.3. The molecule has 0 bridgehead atoms.